The number of hydrogen-bond donors (Lipinski definition) is 1. The summed E-state index contributed by atoms with van der Waals surface area (Å²) in [4.78, 5) is 12.0. The Kier molecular flexibility index (Phi) is 5.48. The molecule has 2 fully saturated rings. The van der Waals surface area contributed by atoms with Crippen LogP contribution >= 0.6 is 0 Å². The molecule has 1 aliphatic heterocycles. The minimum absolute atomic E-state index is 0.0362. The molecule has 0 aromatic rings. The van der Waals surface area contributed by atoms with Crippen LogP contribution in [-0.2, 0) is 9.53 Å². The van der Waals surface area contributed by atoms with Gasteiger partial charge in [-0.1, -0.05) is 13.3 Å². The van der Waals surface area contributed by atoms with Crippen LogP contribution in [0, 0.1) is 11.8 Å². The summed E-state index contributed by atoms with van der Waals surface area (Å²) in [5, 5.41) is 3.36. The molecule has 0 radical (unpaired) electrons. The van der Waals surface area contributed by atoms with Crippen LogP contribution in [0.5, 0.6) is 0 Å². The van der Waals surface area contributed by atoms with Crippen LogP contribution in [0.2, 0.25) is 0 Å². The van der Waals surface area contributed by atoms with E-state index >= 15 is 0 Å². The fourth-order valence-corrected chi connectivity index (χ4v) is 3.35. The molecule has 1 saturated heterocycles. The maximum Gasteiger partial charge on any atom is 0.306 e. The predicted octanol–water partition coefficient (Wildman–Crippen LogP) is 2.89. The van der Waals surface area contributed by atoms with Crippen molar-refractivity contribution in [1.29, 1.82) is 0 Å². The number of carbonyl (C=O) groups is 1. The Labute approximate surface area is 111 Å². The van der Waals surface area contributed by atoms with E-state index in [1.54, 1.807) is 0 Å². The van der Waals surface area contributed by atoms with Crippen LogP contribution in [0.4, 0.5) is 0 Å². The van der Waals surface area contributed by atoms with Crippen LogP contribution in [0.25, 0.3) is 0 Å². The summed E-state index contributed by atoms with van der Waals surface area (Å²) in [5.41, 5.74) is 0. The van der Waals surface area contributed by atoms with Gasteiger partial charge in [0.2, 0.25) is 0 Å². The second kappa shape index (κ2) is 7.13. The molecule has 0 aromatic heterocycles. The second-order valence-corrected chi connectivity index (χ2v) is 5.90. The van der Waals surface area contributed by atoms with Crippen LogP contribution < -0.4 is 5.32 Å². The van der Waals surface area contributed by atoms with Gasteiger partial charge in [0.15, 0.2) is 0 Å². The van der Waals surface area contributed by atoms with Crippen molar-refractivity contribution in [1.82, 2.24) is 5.32 Å². The summed E-state index contributed by atoms with van der Waals surface area (Å²) in [6.45, 7) is 4.30. The van der Waals surface area contributed by atoms with Gasteiger partial charge in [0.05, 0.1) is 0 Å². The molecular formula is C15H27NO2. The zero-order chi connectivity index (χ0) is 12.8. The van der Waals surface area contributed by atoms with Crippen molar-refractivity contribution >= 4 is 5.97 Å². The summed E-state index contributed by atoms with van der Waals surface area (Å²) >= 11 is 0. The molecule has 0 spiro atoms. The minimum atomic E-state index is 0.0362. The third kappa shape index (κ3) is 3.98. The molecule has 1 saturated carbocycles. The molecule has 0 aromatic carbocycles. The Morgan fingerprint density at radius 1 is 1.22 bits per heavy atom. The average molecular weight is 253 g/mol. The van der Waals surface area contributed by atoms with Gasteiger partial charge in [-0.3, -0.25) is 4.79 Å². The number of hydrogen-bond acceptors (Lipinski definition) is 3. The SMILES string of the molecule is CCC1CCCCC1OC(=O)CC1CCCNC1. The van der Waals surface area contributed by atoms with Gasteiger partial charge in [-0.2, -0.15) is 0 Å². The Hall–Kier alpha value is -0.570. The van der Waals surface area contributed by atoms with Gasteiger partial charge in [-0.05, 0) is 63.5 Å². The fraction of sp³-hybridized carbons (Fsp3) is 0.933. The van der Waals surface area contributed by atoms with Crippen molar-refractivity contribution in [3.63, 3.8) is 0 Å². The van der Waals surface area contributed by atoms with E-state index in [2.05, 4.69) is 12.2 Å². The van der Waals surface area contributed by atoms with Crippen LogP contribution in [0.3, 0.4) is 0 Å². The van der Waals surface area contributed by atoms with Gasteiger partial charge >= 0.3 is 5.97 Å². The quantitative estimate of drug-likeness (QED) is 0.783. The van der Waals surface area contributed by atoms with E-state index in [1.807, 2.05) is 0 Å². The normalized spacial score (nSPS) is 33.1. The minimum Gasteiger partial charge on any atom is -0.462 e. The lowest BCUT2D eigenvalue weighted by molar-refractivity contribution is -0.155. The van der Waals surface area contributed by atoms with Crippen molar-refractivity contribution in [2.75, 3.05) is 13.1 Å². The average Bonchev–Trinajstić information content (AvgIpc) is 2.40. The molecule has 2 aliphatic rings. The highest BCUT2D eigenvalue weighted by atomic mass is 16.5. The topological polar surface area (TPSA) is 38.3 Å². The largest absolute Gasteiger partial charge is 0.462 e. The van der Waals surface area contributed by atoms with Crippen molar-refractivity contribution in [2.24, 2.45) is 11.8 Å². The summed E-state index contributed by atoms with van der Waals surface area (Å²) < 4.78 is 5.73. The van der Waals surface area contributed by atoms with Crippen LogP contribution in [0.15, 0.2) is 0 Å². The zero-order valence-electron chi connectivity index (χ0n) is 11.6. The molecule has 3 unspecified atom stereocenters. The molecule has 3 heteroatoms. The molecule has 18 heavy (non-hydrogen) atoms. The molecule has 3 atom stereocenters. The Morgan fingerprint density at radius 3 is 2.78 bits per heavy atom. The lowest BCUT2D eigenvalue weighted by Crippen LogP contribution is -2.34. The van der Waals surface area contributed by atoms with Crippen molar-refractivity contribution in [2.45, 2.75) is 64.4 Å². The Bertz CT molecular complexity index is 261. The van der Waals surface area contributed by atoms with E-state index in [-0.39, 0.29) is 12.1 Å². The maximum atomic E-state index is 12.0. The highest BCUT2D eigenvalue weighted by Gasteiger charge is 2.27. The summed E-state index contributed by atoms with van der Waals surface area (Å²) in [7, 11) is 0. The number of piperidine rings is 1. The molecule has 1 N–H and O–H groups in total. The van der Waals surface area contributed by atoms with Crippen molar-refractivity contribution < 1.29 is 9.53 Å². The van der Waals surface area contributed by atoms with Gasteiger partial charge in [-0.25, -0.2) is 0 Å². The van der Waals surface area contributed by atoms with E-state index < -0.39 is 0 Å². The smallest absolute Gasteiger partial charge is 0.306 e. The molecule has 3 nitrogen and oxygen atoms in total. The van der Waals surface area contributed by atoms with Gasteiger partial charge in [0, 0.05) is 6.42 Å². The van der Waals surface area contributed by atoms with Crippen LogP contribution in [0.1, 0.15) is 58.3 Å². The van der Waals surface area contributed by atoms with Gasteiger partial charge < -0.3 is 10.1 Å². The third-order valence-corrected chi connectivity index (χ3v) is 4.50. The first kappa shape index (κ1) is 13.9. The predicted molar refractivity (Wildman–Crippen MR) is 72.3 cm³/mol. The molecule has 1 heterocycles. The number of ether oxygens (including phenoxy) is 1. The van der Waals surface area contributed by atoms with Gasteiger partial charge in [-0.15, -0.1) is 0 Å². The van der Waals surface area contributed by atoms with Crippen LogP contribution in [-0.4, -0.2) is 25.2 Å². The molecule has 0 bridgehead atoms. The Morgan fingerprint density at radius 2 is 2.06 bits per heavy atom. The lowest BCUT2D eigenvalue weighted by Gasteiger charge is -2.31. The summed E-state index contributed by atoms with van der Waals surface area (Å²) in [6, 6.07) is 0. The maximum absolute atomic E-state index is 12.0. The van der Waals surface area contributed by atoms with Crippen molar-refractivity contribution in [3.05, 3.63) is 0 Å². The molecular weight excluding hydrogens is 226 g/mol. The number of carbonyl (C=O) groups excluding carboxylic acids is 1. The Balaban J connectivity index is 1.75. The molecule has 104 valence electrons. The lowest BCUT2D eigenvalue weighted by atomic mass is 9.84. The van der Waals surface area contributed by atoms with E-state index in [4.69, 9.17) is 4.74 Å². The first-order chi connectivity index (χ1) is 8.79. The second-order valence-electron chi connectivity index (χ2n) is 5.90. The zero-order valence-corrected chi connectivity index (χ0v) is 11.6. The fourth-order valence-electron chi connectivity index (χ4n) is 3.35. The standard InChI is InChI=1S/C15H27NO2/c1-2-13-7-3-4-8-14(13)18-15(17)10-12-6-5-9-16-11-12/h12-14,16H,2-11H2,1H3. The third-order valence-electron chi connectivity index (χ3n) is 4.50. The van der Waals surface area contributed by atoms with E-state index in [0.717, 1.165) is 25.9 Å². The summed E-state index contributed by atoms with van der Waals surface area (Å²) in [6.07, 6.45) is 9.16. The van der Waals surface area contributed by atoms with E-state index in [0.29, 0.717) is 18.3 Å². The number of esters is 1. The number of rotatable bonds is 4. The monoisotopic (exact) mass is 253 g/mol. The molecule has 0 amide bonds. The molecule has 1 aliphatic carbocycles. The van der Waals surface area contributed by atoms with E-state index in [1.165, 1.54) is 32.1 Å². The van der Waals surface area contributed by atoms with E-state index in [9.17, 15) is 4.79 Å². The molecule has 2 rings (SSSR count). The van der Waals surface area contributed by atoms with Gasteiger partial charge in [0.25, 0.3) is 0 Å². The van der Waals surface area contributed by atoms with Gasteiger partial charge in [0.1, 0.15) is 6.10 Å². The summed E-state index contributed by atoms with van der Waals surface area (Å²) in [5.74, 6) is 1.14. The first-order valence-corrected chi connectivity index (χ1v) is 7.69. The number of nitrogens with one attached hydrogen (secondary N) is 1. The highest BCUT2D eigenvalue weighted by molar-refractivity contribution is 5.70. The highest BCUT2D eigenvalue weighted by Crippen LogP contribution is 2.29. The van der Waals surface area contributed by atoms with Crippen molar-refractivity contribution in [3.8, 4) is 0 Å². The first-order valence-electron chi connectivity index (χ1n) is 7.69.